The van der Waals surface area contributed by atoms with E-state index < -0.39 is 0 Å². The lowest BCUT2D eigenvalue weighted by molar-refractivity contribution is 0.288. The SMILES string of the molecule is CN=C(NCc1ccc(OCC2CC2)nc1)NCc1ccc(C)c(F)c1.I. The van der Waals surface area contributed by atoms with Gasteiger partial charge in [-0.2, -0.15) is 0 Å². The van der Waals surface area contributed by atoms with Gasteiger partial charge >= 0.3 is 0 Å². The van der Waals surface area contributed by atoms with Crippen LogP contribution in [0.5, 0.6) is 5.88 Å². The van der Waals surface area contributed by atoms with Gasteiger partial charge in [0.25, 0.3) is 0 Å². The summed E-state index contributed by atoms with van der Waals surface area (Å²) >= 11 is 0. The molecule has 0 saturated heterocycles. The molecule has 1 aromatic heterocycles. The summed E-state index contributed by atoms with van der Waals surface area (Å²) in [5, 5.41) is 6.41. The summed E-state index contributed by atoms with van der Waals surface area (Å²) in [6.45, 7) is 3.62. The summed E-state index contributed by atoms with van der Waals surface area (Å²) in [4.78, 5) is 8.52. The third kappa shape index (κ3) is 6.97. The lowest BCUT2D eigenvalue weighted by Gasteiger charge is -2.12. The number of rotatable bonds is 7. The van der Waals surface area contributed by atoms with Crippen LogP contribution in [0.4, 0.5) is 4.39 Å². The molecule has 0 atom stereocenters. The first-order valence-corrected chi connectivity index (χ1v) is 8.91. The molecule has 1 aliphatic rings. The molecule has 2 N–H and O–H groups in total. The molecule has 0 amide bonds. The molecule has 1 fully saturated rings. The Bertz CT molecular complexity index is 763. The Hall–Kier alpha value is -1.90. The summed E-state index contributed by atoms with van der Waals surface area (Å²) in [5.41, 5.74) is 2.55. The zero-order valence-electron chi connectivity index (χ0n) is 15.7. The molecule has 146 valence electrons. The number of hydrogen-bond donors (Lipinski definition) is 2. The lowest BCUT2D eigenvalue weighted by atomic mass is 10.1. The fourth-order valence-corrected chi connectivity index (χ4v) is 2.43. The maximum absolute atomic E-state index is 13.6. The Balaban J connectivity index is 0.00000261. The minimum Gasteiger partial charge on any atom is -0.477 e. The highest BCUT2D eigenvalue weighted by atomic mass is 127. The fourth-order valence-electron chi connectivity index (χ4n) is 2.43. The van der Waals surface area contributed by atoms with E-state index >= 15 is 0 Å². The van der Waals surface area contributed by atoms with Gasteiger partial charge in [-0.1, -0.05) is 18.2 Å². The van der Waals surface area contributed by atoms with Crippen molar-refractivity contribution in [2.45, 2.75) is 32.9 Å². The van der Waals surface area contributed by atoms with Gasteiger partial charge < -0.3 is 15.4 Å². The van der Waals surface area contributed by atoms with Crippen LogP contribution in [0.3, 0.4) is 0 Å². The monoisotopic (exact) mass is 484 g/mol. The predicted octanol–water partition coefficient (Wildman–Crippen LogP) is 3.80. The maximum atomic E-state index is 13.6. The van der Waals surface area contributed by atoms with E-state index in [-0.39, 0.29) is 29.8 Å². The number of aryl methyl sites for hydroxylation is 1. The van der Waals surface area contributed by atoms with E-state index in [1.807, 2.05) is 18.2 Å². The Kier molecular flexibility index (Phi) is 8.27. The second-order valence-electron chi connectivity index (χ2n) is 6.62. The van der Waals surface area contributed by atoms with Crippen LogP contribution in [0.25, 0.3) is 0 Å². The molecule has 0 radical (unpaired) electrons. The van der Waals surface area contributed by atoms with Crippen LogP contribution in [-0.2, 0) is 13.1 Å². The minimum atomic E-state index is -0.192. The third-order valence-corrected chi connectivity index (χ3v) is 4.34. The topological polar surface area (TPSA) is 58.5 Å². The molecule has 0 unspecified atom stereocenters. The number of guanidine groups is 1. The zero-order chi connectivity index (χ0) is 18.4. The summed E-state index contributed by atoms with van der Waals surface area (Å²) in [6.07, 6.45) is 4.34. The van der Waals surface area contributed by atoms with E-state index in [9.17, 15) is 4.39 Å². The molecule has 7 heteroatoms. The van der Waals surface area contributed by atoms with E-state index in [1.165, 1.54) is 12.8 Å². The number of benzene rings is 1. The number of pyridine rings is 1. The van der Waals surface area contributed by atoms with E-state index in [4.69, 9.17) is 4.74 Å². The number of halogens is 2. The first-order valence-electron chi connectivity index (χ1n) is 8.91. The molecule has 5 nitrogen and oxygen atoms in total. The highest BCUT2D eigenvalue weighted by molar-refractivity contribution is 14.0. The molecule has 1 heterocycles. The van der Waals surface area contributed by atoms with E-state index in [0.29, 0.717) is 30.5 Å². The van der Waals surface area contributed by atoms with Crippen LogP contribution in [0, 0.1) is 18.7 Å². The molecular formula is C20H26FIN4O. The number of nitrogens with one attached hydrogen (secondary N) is 2. The predicted molar refractivity (Wildman–Crippen MR) is 116 cm³/mol. The zero-order valence-corrected chi connectivity index (χ0v) is 18.0. The van der Waals surface area contributed by atoms with Gasteiger partial charge in [0.2, 0.25) is 5.88 Å². The van der Waals surface area contributed by atoms with Crippen molar-refractivity contribution < 1.29 is 9.13 Å². The van der Waals surface area contributed by atoms with Gasteiger partial charge in [0.1, 0.15) is 5.82 Å². The molecule has 0 spiro atoms. The number of hydrogen-bond acceptors (Lipinski definition) is 3. The lowest BCUT2D eigenvalue weighted by Crippen LogP contribution is -2.36. The Labute approximate surface area is 176 Å². The highest BCUT2D eigenvalue weighted by Crippen LogP contribution is 2.29. The van der Waals surface area contributed by atoms with Gasteiger partial charge in [-0.05, 0) is 48.4 Å². The summed E-state index contributed by atoms with van der Waals surface area (Å²) in [7, 11) is 1.71. The first kappa shape index (κ1) is 21.4. The highest BCUT2D eigenvalue weighted by Gasteiger charge is 2.22. The maximum Gasteiger partial charge on any atom is 0.213 e. The number of aromatic nitrogens is 1. The van der Waals surface area contributed by atoms with E-state index in [0.717, 1.165) is 23.7 Å². The van der Waals surface area contributed by atoms with Crippen LogP contribution >= 0.6 is 24.0 Å². The van der Waals surface area contributed by atoms with Crippen LogP contribution in [0.15, 0.2) is 41.5 Å². The normalized spacial score (nSPS) is 13.7. The minimum absolute atomic E-state index is 0. The van der Waals surface area contributed by atoms with Crippen molar-refractivity contribution >= 4 is 29.9 Å². The first-order chi connectivity index (χ1) is 12.6. The fraction of sp³-hybridized carbons (Fsp3) is 0.400. The Morgan fingerprint density at radius 1 is 1.19 bits per heavy atom. The largest absolute Gasteiger partial charge is 0.477 e. The van der Waals surface area contributed by atoms with Crippen LogP contribution in [-0.4, -0.2) is 24.6 Å². The average Bonchev–Trinajstić information content (AvgIpc) is 3.48. The molecular weight excluding hydrogens is 458 g/mol. The number of nitrogens with zero attached hydrogens (tertiary/aromatic N) is 2. The molecule has 3 rings (SSSR count). The Morgan fingerprint density at radius 2 is 1.89 bits per heavy atom. The van der Waals surface area contributed by atoms with Crippen molar-refractivity contribution in [2.75, 3.05) is 13.7 Å². The molecule has 0 aliphatic heterocycles. The van der Waals surface area contributed by atoms with Gasteiger partial charge in [-0.3, -0.25) is 4.99 Å². The van der Waals surface area contributed by atoms with Crippen molar-refractivity contribution in [2.24, 2.45) is 10.9 Å². The van der Waals surface area contributed by atoms with Crippen molar-refractivity contribution in [1.29, 1.82) is 0 Å². The number of aliphatic imine (C=N–C) groups is 1. The summed E-state index contributed by atoms with van der Waals surface area (Å²) in [5.74, 6) is 1.85. The molecule has 2 aromatic rings. The van der Waals surface area contributed by atoms with Gasteiger partial charge in [-0.25, -0.2) is 9.37 Å². The van der Waals surface area contributed by atoms with Gasteiger partial charge in [0.05, 0.1) is 6.61 Å². The average molecular weight is 484 g/mol. The molecule has 0 bridgehead atoms. The molecule has 1 saturated carbocycles. The Morgan fingerprint density at radius 3 is 2.48 bits per heavy atom. The summed E-state index contributed by atoms with van der Waals surface area (Å²) < 4.78 is 19.2. The summed E-state index contributed by atoms with van der Waals surface area (Å²) in [6, 6.07) is 9.11. The quantitative estimate of drug-likeness (QED) is 0.357. The smallest absolute Gasteiger partial charge is 0.213 e. The second kappa shape index (κ2) is 10.4. The van der Waals surface area contributed by atoms with Gasteiger partial charge in [-0.15, -0.1) is 24.0 Å². The van der Waals surface area contributed by atoms with Crippen molar-refractivity contribution in [3.05, 3.63) is 59.0 Å². The van der Waals surface area contributed by atoms with Crippen molar-refractivity contribution in [1.82, 2.24) is 15.6 Å². The van der Waals surface area contributed by atoms with Crippen molar-refractivity contribution in [3.8, 4) is 5.88 Å². The van der Waals surface area contributed by atoms with Crippen LogP contribution in [0.2, 0.25) is 0 Å². The molecule has 1 aromatic carbocycles. The van der Waals surface area contributed by atoms with Gasteiger partial charge in [0.15, 0.2) is 5.96 Å². The molecule has 1 aliphatic carbocycles. The van der Waals surface area contributed by atoms with E-state index in [2.05, 4.69) is 20.6 Å². The van der Waals surface area contributed by atoms with Crippen molar-refractivity contribution in [3.63, 3.8) is 0 Å². The van der Waals surface area contributed by atoms with Gasteiger partial charge in [0, 0.05) is 32.4 Å². The van der Waals surface area contributed by atoms with Crippen LogP contribution in [0.1, 0.15) is 29.5 Å². The third-order valence-electron chi connectivity index (χ3n) is 4.34. The second-order valence-corrected chi connectivity index (χ2v) is 6.62. The molecule has 27 heavy (non-hydrogen) atoms. The van der Waals surface area contributed by atoms with Crippen LogP contribution < -0.4 is 15.4 Å². The standard InChI is InChI=1S/C20H25FN4O.HI/c1-14-3-4-16(9-18(14)21)10-24-20(22-2)25-12-17-7-8-19(23-11-17)26-13-15-5-6-15;/h3-4,7-9,11,15H,5-6,10,12-13H2,1-2H3,(H2,22,24,25);1H. The number of ether oxygens (including phenoxy) is 1. The van der Waals surface area contributed by atoms with E-state index in [1.54, 1.807) is 32.3 Å².